The highest BCUT2D eigenvalue weighted by Crippen LogP contribution is 2.33. The van der Waals surface area contributed by atoms with Crippen LogP contribution < -0.4 is 5.32 Å². The molecule has 0 aromatic heterocycles. The summed E-state index contributed by atoms with van der Waals surface area (Å²) in [6.07, 6.45) is 67.5. The Hall–Kier alpha value is -3.03. The molecule has 3 fully saturated rings. The highest BCUT2D eigenvalue weighted by Gasteiger charge is 2.54. The normalized spacial score (nSPS) is 25.7. The Morgan fingerprint density at radius 2 is 0.642 bits per heavy atom. The second-order valence-electron chi connectivity index (χ2n) is 31.3. The van der Waals surface area contributed by atoms with Gasteiger partial charge in [0.2, 0.25) is 5.91 Å². The van der Waals surface area contributed by atoms with Crippen LogP contribution in [0.1, 0.15) is 348 Å². The van der Waals surface area contributed by atoms with Gasteiger partial charge in [-0.15, -0.1) is 0 Å². The summed E-state index contributed by atoms with van der Waals surface area (Å²) >= 11 is 0. The van der Waals surface area contributed by atoms with Gasteiger partial charge in [-0.1, -0.05) is 343 Å². The Morgan fingerprint density at radius 1 is 0.339 bits per heavy atom. The van der Waals surface area contributed by atoms with E-state index in [2.05, 4.69) is 92.1 Å². The van der Waals surface area contributed by atoms with Gasteiger partial charge in [0.25, 0.3) is 0 Å². The first kappa shape index (κ1) is 100. The second-order valence-corrected chi connectivity index (χ2v) is 31.3. The van der Waals surface area contributed by atoms with Crippen molar-refractivity contribution in [1.82, 2.24) is 5.32 Å². The van der Waals surface area contributed by atoms with Crippen molar-refractivity contribution in [2.45, 2.75) is 452 Å². The maximum Gasteiger partial charge on any atom is 0.220 e. The predicted molar refractivity (Wildman–Crippen MR) is 438 cm³/mol. The summed E-state index contributed by atoms with van der Waals surface area (Å²) in [6, 6.07) is -0.999. The Balaban J connectivity index is 1.30. The number of amides is 1. The summed E-state index contributed by atoms with van der Waals surface area (Å²) in [4.78, 5) is 13.5. The maximum atomic E-state index is 13.5. The van der Waals surface area contributed by atoms with Crippen molar-refractivity contribution in [3.8, 4) is 0 Å². The van der Waals surface area contributed by atoms with Crippen LogP contribution in [-0.2, 0) is 33.2 Å². The van der Waals surface area contributed by atoms with Gasteiger partial charge in [0.1, 0.15) is 73.2 Å². The van der Waals surface area contributed by atoms with Crippen LogP contribution in [-0.4, -0.2) is 193 Å². The summed E-state index contributed by atoms with van der Waals surface area (Å²) in [5.41, 5.74) is 0. The Kier molecular flexibility index (Phi) is 63.7. The fourth-order valence-electron chi connectivity index (χ4n) is 14.6. The minimum Gasteiger partial charge on any atom is -0.394 e. The number of hydrogen-bond donors (Lipinski definition) is 12. The van der Waals surface area contributed by atoms with E-state index in [4.69, 9.17) is 28.4 Å². The van der Waals surface area contributed by atoms with E-state index in [1.165, 1.54) is 244 Å². The van der Waals surface area contributed by atoms with Crippen molar-refractivity contribution in [1.29, 1.82) is 0 Å². The molecule has 3 heterocycles. The minimum atomic E-state index is -1.98. The molecule has 0 spiro atoms. The quantitative estimate of drug-likeness (QED) is 0.0199. The van der Waals surface area contributed by atoms with Crippen molar-refractivity contribution < 1.29 is 89.4 Å². The molecular weight excluding hydrogens is 1380 g/mol. The molecule has 3 rings (SSSR count). The highest BCUT2D eigenvalue weighted by atomic mass is 16.8. The fourth-order valence-corrected chi connectivity index (χ4v) is 14.6. The lowest BCUT2D eigenvalue weighted by atomic mass is 9.96. The number of aliphatic hydroxyl groups is 11. The number of nitrogens with one attached hydrogen (secondary N) is 1. The average Bonchev–Trinajstić information content (AvgIpc) is 0.760. The summed E-state index contributed by atoms with van der Waals surface area (Å²) in [6.45, 7) is 1.64. The molecule has 17 atom stereocenters. The molecule has 0 aliphatic carbocycles. The molecule has 3 aliphatic rings. The van der Waals surface area contributed by atoms with Gasteiger partial charge < -0.3 is 89.9 Å². The van der Waals surface area contributed by atoms with Crippen LogP contribution >= 0.6 is 0 Å². The van der Waals surface area contributed by atoms with Crippen molar-refractivity contribution in [3.63, 3.8) is 0 Å². The molecule has 109 heavy (non-hydrogen) atoms. The van der Waals surface area contributed by atoms with E-state index in [0.29, 0.717) is 12.8 Å². The fraction of sp³-hybridized carbons (Fsp3) is 0.833. The lowest BCUT2D eigenvalue weighted by molar-refractivity contribution is -0.379. The lowest BCUT2D eigenvalue weighted by Gasteiger charge is -2.48. The molecule has 0 radical (unpaired) electrons. The zero-order valence-corrected chi connectivity index (χ0v) is 68.3. The average molecular weight is 1550 g/mol. The van der Waals surface area contributed by atoms with Gasteiger partial charge in [0.05, 0.1) is 38.6 Å². The zero-order chi connectivity index (χ0) is 78.8. The van der Waals surface area contributed by atoms with Gasteiger partial charge in [0, 0.05) is 6.42 Å². The summed E-state index contributed by atoms with van der Waals surface area (Å²) in [7, 11) is 0. The molecule has 3 aliphatic heterocycles. The second kappa shape index (κ2) is 69.3. The number of carbonyl (C=O) groups excluding carboxylic acids is 1. The molecule has 1 amide bonds. The molecule has 12 N–H and O–H groups in total. The van der Waals surface area contributed by atoms with Gasteiger partial charge in [-0.25, -0.2) is 0 Å². The van der Waals surface area contributed by atoms with Crippen LogP contribution in [0, 0.1) is 0 Å². The third kappa shape index (κ3) is 48.2. The number of allylic oxidation sites excluding steroid dienone is 13. The summed E-state index contributed by atoms with van der Waals surface area (Å²) in [5.74, 6) is -0.284. The summed E-state index contributed by atoms with van der Waals surface area (Å²) in [5, 5.41) is 121. The number of hydrogen-bond acceptors (Lipinski definition) is 18. The van der Waals surface area contributed by atoms with E-state index in [1.54, 1.807) is 6.08 Å². The van der Waals surface area contributed by atoms with Crippen LogP contribution in [0.2, 0.25) is 0 Å². The van der Waals surface area contributed by atoms with Crippen LogP contribution in [0.4, 0.5) is 0 Å². The molecule has 19 nitrogen and oxygen atoms in total. The van der Waals surface area contributed by atoms with Crippen molar-refractivity contribution in [2.75, 3.05) is 26.4 Å². The molecule has 19 heteroatoms. The first-order chi connectivity index (χ1) is 53.3. The highest BCUT2D eigenvalue weighted by molar-refractivity contribution is 5.76. The van der Waals surface area contributed by atoms with Crippen LogP contribution in [0.5, 0.6) is 0 Å². The van der Waals surface area contributed by atoms with Gasteiger partial charge in [-0.2, -0.15) is 0 Å². The molecule has 17 unspecified atom stereocenters. The molecule has 3 saturated heterocycles. The van der Waals surface area contributed by atoms with Crippen molar-refractivity contribution in [2.24, 2.45) is 0 Å². The minimum absolute atomic E-state index is 0.233. The number of rotatable bonds is 71. The van der Waals surface area contributed by atoms with Gasteiger partial charge in [-0.3, -0.25) is 4.79 Å². The molecular formula is C90H161NO18. The monoisotopic (exact) mass is 1540 g/mol. The number of unbranched alkanes of at least 4 members (excludes halogenated alkanes) is 43. The topological polar surface area (TPSA) is 307 Å². The van der Waals surface area contributed by atoms with E-state index < -0.39 is 124 Å². The maximum absolute atomic E-state index is 13.5. The van der Waals surface area contributed by atoms with E-state index in [0.717, 1.165) is 70.6 Å². The first-order valence-corrected chi connectivity index (χ1v) is 44.3. The SMILES string of the molecule is CC/C=C\C/C=C\C/C=C\C/C=C\CCCCCCCCCCCCCCCCCCCCCCCCCCCCCCC(=O)NC(COC1OC(CO)C(OC2OC(CO)C(OC3OC(CO)C(O)C(O)C3O)C(O)C2O)C(O)C1O)C(O)/C=C/CC/C=C/CC/C=C/CCCCCCCCCCCCCCC. The first-order valence-electron chi connectivity index (χ1n) is 44.3. The standard InChI is InChI=1S/C90H161NO18/c1-3-5-7-9-11-13-15-17-19-21-23-25-27-28-29-30-31-32-33-34-35-36-37-38-39-40-41-42-43-44-46-48-50-52-54-56-58-60-62-64-66-68-78(96)91-73(74(95)67-65-63-61-59-57-55-53-51-49-47-45-26-24-22-20-18-16-14-12-10-8-6-4-2)72-104-88-84(102)81(99)86(76(70-93)106-88)109-90-85(103)82(100)87(77(71-94)107-90)108-89-83(101)80(98)79(97)75(69-92)105-89/h5,7,11,13,17,19,23,25,49,51,57,59,65,67,73-77,79-90,92-95,97-103H,3-4,6,8-10,12,14-16,18,20-22,24,26-48,50,52-56,58,60-64,66,68-72H2,1-2H3,(H,91,96)/b7-5-,13-11-,19-17-,25-23-,51-49+,59-57+,67-65+. The van der Waals surface area contributed by atoms with Crippen molar-refractivity contribution >= 4 is 5.91 Å². The van der Waals surface area contributed by atoms with E-state index in [-0.39, 0.29) is 18.9 Å². The van der Waals surface area contributed by atoms with E-state index >= 15 is 0 Å². The lowest BCUT2D eigenvalue weighted by Crippen LogP contribution is -2.66. The smallest absolute Gasteiger partial charge is 0.220 e. The van der Waals surface area contributed by atoms with Gasteiger partial charge >= 0.3 is 0 Å². The van der Waals surface area contributed by atoms with E-state index in [9.17, 15) is 61.0 Å². The Labute approximate surface area is 661 Å². The Bertz CT molecular complexity index is 2300. The Morgan fingerprint density at radius 3 is 1.03 bits per heavy atom. The van der Waals surface area contributed by atoms with Crippen LogP contribution in [0.3, 0.4) is 0 Å². The molecule has 0 aromatic rings. The van der Waals surface area contributed by atoms with Gasteiger partial charge in [-0.05, 0) is 83.5 Å². The number of carbonyl (C=O) groups is 1. The third-order valence-electron chi connectivity index (χ3n) is 21.7. The largest absolute Gasteiger partial charge is 0.394 e. The molecule has 0 saturated carbocycles. The third-order valence-corrected chi connectivity index (χ3v) is 21.7. The molecule has 0 bridgehead atoms. The van der Waals surface area contributed by atoms with Crippen LogP contribution in [0.25, 0.3) is 0 Å². The zero-order valence-electron chi connectivity index (χ0n) is 68.3. The summed E-state index contributed by atoms with van der Waals surface area (Å²) < 4.78 is 34.5. The predicted octanol–water partition coefficient (Wildman–Crippen LogP) is 16.5. The molecule has 634 valence electrons. The molecule has 0 aromatic carbocycles. The number of ether oxygens (including phenoxy) is 6. The number of aliphatic hydroxyl groups excluding tert-OH is 11. The van der Waals surface area contributed by atoms with Crippen LogP contribution in [0.15, 0.2) is 85.1 Å². The van der Waals surface area contributed by atoms with Crippen molar-refractivity contribution in [3.05, 3.63) is 85.1 Å². The van der Waals surface area contributed by atoms with E-state index in [1.807, 2.05) is 6.08 Å². The van der Waals surface area contributed by atoms with Gasteiger partial charge in [0.15, 0.2) is 18.9 Å².